The third-order valence-electron chi connectivity index (χ3n) is 5.29. The molecular formula is C28H24ClNO3. The molecule has 1 N–H and O–H groups in total. The molecule has 0 bridgehead atoms. The van der Waals surface area contributed by atoms with Gasteiger partial charge in [-0.15, -0.1) is 0 Å². The fraction of sp³-hybridized carbons (Fsp3) is 0.107. The van der Waals surface area contributed by atoms with Crippen LogP contribution in [0, 0.1) is 0 Å². The average Bonchev–Trinajstić information content (AvgIpc) is 2.87. The fourth-order valence-electron chi connectivity index (χ4n) is 3.59. The molecule has 0 aromatic heterocycles. The van der Waals surface area contributed by atoms with Crippen molar-refractivity contribution in [2.24, 2.45) is 0 Å². The number of carbonyl (C=O) groups is 1. The molecule has 4 rings (SSSR count). The SMILES string of the molecule is COc1ccc(C(=O)NC(c2ccccc2)c2ccccc2)cc1COc1ccc(Cl)cc1. The number of rotatable bonds is 8. The Bertz CT molecular complexity index is 1160. The topological polar surface area (TPSA) is 47.6 Å². The van der Waals surface area contributed by atoms with Crippen LogP contribution in [0.1, 0.15) is 33.1 Å². The van der Waals surface area contributed by atoms with Crippen LogP contribution in [0.25, 0.3) is 0 Å². The van der Waals surface area contributed by atoms with Crippen LogP contribution in [0.2, 0.25) is 5.02 Å². The number of ether oxygens (including phenoxy) is 2. The van der Waals surface area contributed by atoms with Crippen molar-refractivity contribution in [1.82, 2.24) is 5.32 Å². The van der Waals surface area contributed by atoms with E-state index in [1.54, 1.807) is 49.6 Å². The van der Waals surface area contributed by atoms with Crippen LogP contribution < -0.4 is 14.8 Å². The summed E-state index contributed by atoms with van der Waals surface area (Å²) in [6.45, 7) is 0.257. The Labute approximate surface area is 198 Å². The number of hydrogen-bond donors (Lipinski definition) is 1. The van der Waals surface area contributed by atoms with Gasteiger partial charge in [-0.05, 0) is 53.6 Å². The van der Waals surface area contributed by atoms with Crippen molar-refractivity contribution in [3.8, 4) is 11.5 Å². The molecule has 0 heterocycles. The normalized spacial score (nSPS) is 10.6. The van der Waals surface area contributed by atoms with Gasteiger partial charge in [0, 0.05) is 16.1 Å². The van der Waals surface area contributed by atoms with Crippen LogP contribution in [0.4, 0.5) is 0 Å². The number of halogens is 1. The lowest BCUT2D eigenvalue weighted by Crippen LogP contribution is -2.29. The standard InChI is InChI=1S/C28H24ClNO3/c1-32-26-17-12-22(18-23(26)19-33-25-15-13-24(29)14-16-25)28(31)30-27(20-8-4-2-5-9-20)21-10-6-3-7-11-21/h2-18,27H,19H2,1H3,(H,30,31). The minimum absolute atomic E-state index is 0.178. The van der Waals surface area contributed by atoms with E-state index in [9.17, 15) is 4.79 Å². The average molecular weight is 458 g/mol. The Hall–Kier alpha value is -3.76. The number of benzene rings is 4. The second-order valence-electron chi connectivity index (χ2n) is 7.50. The highest BCUT2D eigenvalue weighted by atomic mass is 35.5. The molecule has 0 fully saturated rings. The summed E-state index contributed by atoms with van der Waals surface area (Å²) >= 11 is 5.94. The van der Waals surface area contributed by atoms with Gasteiger partial charge >= 0.3 is 0 Å². The Balaban J connectivity index is 1.56. The Morgan fingerprint density at radius 3 is 2.03 bits per heavy atom. The van der Waals surface area contributed by atoms with Crippen molar-refractivity contribution in [3.63, 3.8) is 0 Å². The Morgan fingerprint density at radius 1 is 0.848 bits per heavy atom. The molecule has 0 saturated carbocycles. The number of carbonyl (C=O) groups excluding carboxylic acids is 1. The van der Waals surface area contributed by atoms with E-state index < -0.39 is 0 Å². The van der Waals surface area contributed by atoms with E-state index >= 15 is 0 Å². The van der Waals surface area contributed by atoms with E-state index in [1.807, 2.05) is 60.7 Å². The first-order valence-corrected chi connectivity index (χ1v) is 11.0. The molecule has 4 aromatic rings. The van der Waals surface area contributed by atoms with E-state index in [0.29, 0.717) is 22.1 Å². The molecule has 0 radical (unpaired) electrons. The molecule has 166 valence electrons. The lowest BCUT2D eigenvalue weighted by molar-refractivity contribution is 0.0942. The van der Waals surface area contributed by atoms with Gasteiger partial charge in [-0.1, -0.05) is 72.3 Å². The zero-order chi connectivity index (χ0) is 23.0. The van der Waals surface area contributed by atoms with Crippen molar-refractivity contribution in [1.29, 1.82) is 0 Å². The van der Waals surface area contributed by atoms with Gasteiger partial charge in [-0.3, -0.25) is 4.79 Å². The van der Waals surface area contributed by atoms with Crippen LogP contribution >= 0.6 is 11.6 Å². The minimum Gasteiger partial charge on any atom is -0.496 e. The summed E-state index contributed by atoms with van der Waals surface area (Å²) in [6, 6.07) is 32.1. The Morgan fingerprint density at radius 2 is 1.45 bits per heavy atom. The molecule has 4 nitrogen and oxygen atoms in total. The lowest BCUT2D eigenvalue weighted by atomic mass is 9.98. The molecule has 33 heavy (non-hydrogen) atoms. The fourth-order valence-corrected chi connectivity index (χ4v) is 3.72. The van der Waals surface area contributed by atoms with Gasteiger partial charge in [-0.2, -0.15) is 0 Å². The summed E-state index contributed by atoms with van der Waals surface area (Å²) in [5.74, 6) is 1.16. The quantitative estimate of drug-likeness (QED) is 0.331. The molecule has 0 atom stereocenters. The van der Waals surface area contributed by atoms with Gasteiger partial charge in [0.2, 0.25) is 0 Å². The highest BCUT2D eigenvalue weighted by Gasteiger charge is 2.19. The summed E-state index contributed by atoms with van der Waals surface area (Å²) in [7, 11) is 1.60. The van der Waals surface area contributed by atoms with E-state index in [1.165, 1.54) is 0 Å². The summed E-state index contributed by atoms with van der Waals surface area (Å²) in [5.41, 5.74) is 3.33. The van der Waals surface area contributed by atoms with E-state index in [4.69, 9.17) is 21.1 Å². The van der Waals surface area contributed by atoms with Gasteiger partial charge < -0.3 is 14.8 Å². The second-order valence-corrected chi connectivity index (χ2v) is 7.93. The third-order valence-corrected chi connectivity index (χ3v) is 5.54. The van der Waals surface area contributed by atoms with E-state index in [0.717, 1.165) is 16.7 Å². The van der Waals surface area contributed by atoms with Crippen LogP contribution in [0.15, 0.2) is 103 Å². The number of nitrogens with one attached hydrogen (secondary N) is 1. The summed E-state index contributed by atoms with van der Waals surface area (Å²) < 4.78 is 11.3. The van der Waals surface area contributed by atoms with Gasteiger partial charge in [0.1, 0.15) is 18.1 Å². The lowest BCUT2D eigenvalue weighted by Gasteiger charge is -2.20. The van der Waals surface area contributed by atoms with Crippen molar-refractivity contribution in [2.75, 3.05) is 7.11 Å². The third kappa shape index (κ3) is 5.73. The molecular weight excluding hydrogens is 434 g/mol. The first-order chi connectivity index (χ1) is 16.1. The molecule has 5 heteroatoms. The zero-order valence-corrected chi connectivity index (χ0v) is 19.0. The van der Waals surface area contributed by atoms with Crippen LogP contribution in [-0.2, 0) is 6.61 Å². The van der Waals surface area contributed by atoms with Gasteiger partial charge in [0.05, 0.1) is 13.2 Å². The first-order valence-electron chi connectivity index (χ1n) is 10.6. The summed E-state index contributed by atoms with van der Waals surface area (Å²) in [5, 5.41) is 3.82. The molecule has 0 unspecified atom stereocenters. The Kier molecular flexibility index (Phi) is 7.28. The van der Waals surface area contributed by atoms with E-state index in [2.05, 4.69) is 5.32 Å². The van der Waals surface area contributed by atoms with Crippen molar-refractivity contribution < 1.29 is 14.3 Å². The highest BCUT2D eigenvalue weighted by molar-refractivity contribution is 6.30. The van der Waals surface area contributed by atoms with Crippen molar-refractivity contribution in [3.05, 3.63) is 130 Å². The maximum absolute atomic E-state index is 13.3. The highest BCUT2D eigenvalue weighted by Crippen LogP contribution is 2.25. The minimum atomic E-state index is -0.268. The summed E-state index contributed by atoms with van der Waals surface area (Å²) in [4.78, 5) is 13.3. The molecule has 0 spiro atoms. The molecule has 0 aliphatic heterocycles. The van der Waals surface area contributed by atoms with Gasteiger partial charge in [0.15, 0.2) is 0 Å². The van der Waals surface area contributed by atoms with Crippen LogP contribution in [0.3, 0.4) is 0 Å². The predicted octanol–water partition coefficient (Wildman–Crippen LogP) is 6.45. The van der Waals surface area contributed by atoms with Gasteiger partial charge in [-0.25, -0.2) is 0 Å². The first kappa shape index (κ1) is 22.4. The van der Waals surface area contributed by atoms with Crippen molar-refractivity contribution >= 4 is 17.5 Å². The smallest absolute Gasteiger partial charge is 0.252 e. The molecule has 4 aromatic carbocycles. The molecule has 0 saturated heterocycles. The number of amides is 1. The number of methoxy groups -OCH3 is 1. The van der Waals surface area contributed by atoms with Gasteiger partial charge in [0.25, 0.3) is 5.91 Å². The van der Waals surface area contributed by atoms with Crippen LogP contribution in [0.5, 0.6) is 11.5 Å². The predicted molar refractivity (Wildman–Crippen MR) is 131 cm³/mol. The van der Waals surface area contributed by atoms with Crippen LogP contribution in [-0.4, -0.2) is 13.0 Å². The maximum Gasteiger partial charge on any atom is 0.252 e. The molecule has 1 amide bonds. The largest absolute Gasteiger partial charge is 0.496 e. The number of hydrogen-bond acceptors (Lipinski definition) is 3. The summed E-state index contributed by atoms with van der Waals surface area (Å²) in [6.07, 6.45) is 0. The monoisotopic (exact) mass is 457 g/mol. The maximum atomic E-state index is 13.3. The van der Waals surface area contributed by atoms with E-state index in [-0.39, 0.29) is 18.6 Å². The molecule has 0 aliphatic carbocycles. The second kappa shape index (κ2) is 10.7. The zero-order valence-electron chi connectivity index (χ0n) is 18.2. The molecule has 0 aliphatic rings. The van der Waals surface area contributed by atoms with Crippen molar-refractivity contribution in [2.45, 2.75) is 12.6 Å².